The van der Waals surface area contributed by atoms with Crippen LogP contribution in [-0.4, -0.2) is 37.1 Å². The van der Waals surface area contributed by atoms with E-state index in [1.165, 1.54) is 0 Å². The molecule has 0 saturated heterocycles. The molecule has 0 fully saturated rings. The van der Waals surface area contributed by atoms with Gasteiger partial charge >= 0.3 is 11.9 Å². The third-order valence-electron chi connectivity index (χ3n) is 3.45. The Kier molecular flexibility index (Phi) is 9.20. The fourth-order valence-corrected chi connectivity index (χ4v) is 2.43. The second-order valence-electron chi connectivity index (χ2n) is 5.36. The number of benzene rings is 1. The van der Waals surface area contributed by atoms with Gasteiger partial charge in [-0.15, -0.1) is 0 Å². The monoisotopic (exact) mass is 413 g/mol. The fourth-order valence-electron chi connectivity index (χ4n) is 2.13. The van der Waals surface area contributed by atoms with E-state index in [0.29, 0.717) is 5.56 Å². The summed E-state index contributed by atoms with van der Waals surface area (Å²) in [7, 11) is 0. The standard InChI is InChI=1S/C18H24BrNO5/c1-4-24-16(21)11-10-15(18(23)25-5-2)20-17(22)14-8-6-13(7-9-14)12(3)19/h6-9,12,15H,4-5,10-11H2,1-3H3,(H,20,22). The maximum atomic E-state index is 12.4. The summed E-state index contributed by atoms with van der Waals surface area (Å²) in [5.41, 5.74) is 1.48. The molecule has 1 N–H and O–H groups in total. The summed E-state index contributed by atoms with van der Waals surface area (Å²) in [6.45, 7) is 5.85. The van der Waals surface area contributed by atoms with Crippen LogP contribution in [0.3, 0.4) is 0 Å². The topological polar surface area (TPSA) is 81.7 Å². The Morgan fingerprint density at radius 3 is 2.20 bits per heavy atom. The molecule has 0 aliphatic carbocycles. The highest BCUT2D eigenvalue weighted by Gasteiger charge is 2.24. The molecule has 0 aliphatic heterocycles. The number of rotatable bonds is 9. The molecule has 0 radical (unpaired) electrons. The van der Waals surface area contributed by atoms with Gasteiger partial charge in [0.1, 0.15) is 6.04 Å². The van der Waals surface area contributed by atoms with E-state index in [1.54, 1.807) is 26.0 Å². The van der Waals surface area contributed by atoms with Crippen LogP contribution in [0.15, 0.2) is 24.3 Å². The first-order valence-electron chi connectivity index (χ1n) is 8.26. The van der Waals surface area contributed by atoms with Crippen LogP contribution in [-0.2, 0) is 19.1 Å². The number of halogens is 1. The molecule has 0 aliphatic rings. The van der Waals surface area contributed by atoms with Gasteiger partial charge in [0.15, 0.2) is 0 Å². The molecule has 1 aromatic rings. The van der Waals surface area contributed by atoms with Crippen molar-refractivity contribution in [2.75, 3.05) is 13.2 Å². The average molecular weight is 414 g/mol. The minimum absolute atomic E-state index is 0.0254. The Morgan fingerprint density at radius 2 is 1.68 bits per heavy atom. The Bertz CT molecular complexity index is 586. The number of esters is 2. The van der Waals surface area contributed by atoms with Gasteiger partial charge in [0.05, 0.1) is 13.2 Å². The molecule has 7 heteroatoms. The van der Waals surface area contributed by atoms with Crippen LogP contribution in [0, 0.1) is 0 Å². The molecule has 1 aromatic carbocycles. The van der Waals surface area contributed by atoms with Crippen LogP contribution in [0.25, 0.3) is 0 Å². The van der Waals surface area contributed by atoms with Crippen molar-refractivity contribution in [3.63, 3.8) is 0 Å². The third kappa shape index (κ3) is 7.25. The van der Waals surface area contributed by atoms with Crippen molar-refractivity contribution in [1.29, 1.82) is 0 Å². The molecule has 138 valence electrons. The van der Waals surface area contributed by atoms with E-state index in [0.717, 1.165) is 5.56 Å². The summed E-state index contributed by atoms with van der Waals surface area (Å²) in [6, 6.07) is 6.16. The summed E-state index contributed by atoms with van der Waals surface area (Å²) < 4.78 is 9.82. The van der Waals surface area contributed by atoms with E-state index in [4.69, 9.17) is 9.47 Å². The lowest BCUT2D eigenvalue weighted by Crippen LogP contribution is -2.42. The van der Waals surface area contributed by atoms with Crippen molar-refractivity contribution in [1.82, 2.24) is 5.32 Å². The van der Waals surface area contributed by atoms with Crippen LogP contribution in [0.5, 0.6) is 0 Å². The zero-order chi connectivity index (χ0) is 18.8. The van der Waals surface area contributed by atoms with Crippen molar-refractivity contribution >= 4 is 33.8 Å². The fraction of sp³-hybridized carbons (Fsp3) is 0.500. The van der Waals surface area contributed by atoms with E-state index in [9.17, 15) is 14.4 Å². The second kappa shape index (κ2) is 10.9. The lowest BCUT2D eigenvalue weighted by atomic mass is 10.1. The van der Waals surface area contributed by atoms with E-state index in [2.05, 4.69) is 21.2 Å². The first-order chi connectivity index (χ1) is 11.9. The number of carbonyl (C=O) groups excluding carboxylic acids is 3. The van der Waals surface area contributed by atoms with Gasteiger partial charge in [-0.2, -0.15) is 0 Å². The Labute approximate surface area is 156 Å². The largest absolute Gasteiger partial charge is 0.466 e. The lowest BCUT2D eigenvalue weighted by molar-refractivity contribution is -0.146. The quantitative estimate of drug-likeness (QED) is 0.496. The predicted molar refractivity (Wildman–Crippen MR) is 97.5 cm³/mol. The van der Waals surface area contributed by atoms with Crippen LogP contribution in [0.4, 0.5) is 0 Å². The molecule has 1 rings (SSSR count). The highest BCUT2D eigenvalue weighted by Crippen LogP contribution is 2.21. The molecule has 2 unspecified atom stereocenters. The van der Waals surface area contributed by atoms with Crippen molar-refractivity contribution in [2.45, 2.75) is 44.5 Å². The van der Waals surface area contributed by atoms with Crippen LogP contribution in [0.2, 0.25) is 0 Å². The minimum Gasteiger partial charge on any atom is -0.466 e. The summed E-state index contributed by atoms with van der Waals surface area (Å²) >= 11 is 3.46. The molecule has 0 heterocycles. The van der Waals surface area contributed by atoms with Crippen molar-refractivity contribution in [2.24, 2.45) is 0 Å². The van der Waals surface area contributed by atoms with Crippen molar-refractivity contribution in [3.05, 3.63) is 35.4 Å². The summed E-state index contributed by atoms with van der Waals surface area (Å²) in [4.78, 5) is 36.1. The molecule has 6 nitrogen and oxygen atoms in total. The molecule has 0 bridgehead atoms. The molecule has 0 aromatic heterocycles. The zero-order valence-electron chi connectivity index (χ0n) is 14.7. The molecule has 1 amide bonds. The highest BCUT2D eigenvalue weighted by atomic mass is 79.9. The Morgan fingerprint density at radius 1 is 1.08 bits per heavy atom. The van der Waals surface area contributed by atoms with Gasteiger partial charge in [0, 0.05) is 16.8 Å². The number of carbonyl (C=O) groups is 3. The second-order valence-corrected chi connectivity index (χ2v) is 6.73. The molecular formula is C18H24BrNO5. The molecule has 25 heavy (non-hydrogen) atoms. The van der Waals surface area contributed by atoms with Crippen LogP contribution >= 0.6 is 15.9 Å². The minimum atomic E-state index is -0.897. The number of ether oxygens (including phenoxy) is 2. The van der Waals surface area contributed by atoms with Gasteiger partial charge in [-0.05, 0) is 44.9 Å². The van der Waals surface area contributed by atoms with Gasteiger partial charge in [-0.3, -0.25) is 9.59 Å². The Balaban J connectivity index is 2.75. The van der Waals surface area contributed by atoms with E-state index >= 15 is 0 Å². The molecular weight excluding hydrogens is 390 g/mol. The first kappa shape index (κ1) is 21.2. The van der Waals surface area contributed by atoms with Gasteiger partial charge in [0.2, 0.25) is 0 Å². The number of amides is 1. The molecule has 0 spiro atoms. The molecule has 2 atom stereocenters. The van der Waals surface area contributed by atoms with E-state index < -0.39 is 23.9 Å². The van der Waals surface area contributed by atoms with Gasteiger partial charge in [0.25, 0.3) is 5.91 Å². The smallest absolute Gasteiger partial charge is 0.328 e. The maximum absolute atomic E-state index is 12.4. The van der Waals surface area contributed by atoms with Crippen molar-refractivity contribution in [3.8, 4) is 0 Å². The Hall–Kier alpha value is -1.89. The van der Waals surface area contributed by atoms with E-state index in [-0.39, 0.29) is 30.9 Å². The maximum Gasteiger partial charge on any atom is 0.328 e. The number of hydrogen-bond acceptors (Lipinski definition) is 5. The SMILES string of the molecule is CCOC(=O)CCC(NC(=O)c1ccc(C(C)Br)cc1)C(=O)OCC. The lowest BCUT2D eigenvalue weighted by Gasteiger charge is -2.17. The molecule has 0 saturated carbocycles. The first-order valence-corrected chi connectivity index (χ1v) is 9.17. The summed E-state index contributed by atoms with van der Waals surface area (Å²) in [5.74, 6) is -1.37. The van der Waals surface area contributed by atoms with Crippen LogP contribution < -0.4 is 5.32 Å². The number of alkyl halides is 1. The van der Waals surface area contributed by atoms with Gasteiger partial charge in [-0.1, -0.05) is 28.1 Å². The van der Waals surface area contributed by atoms with Crippen molar-refractivity contribution < 1.29 is 23.9 Å². The van der Waals surface area contributed by atoms with Crippen LogP contribution in [0.1, 0.15) is 54.4 Å². The number of hydrogen-bond donors (Lipinski definition) is 1. The van der Waals surface area contributed by atoms with Gasteiger partial charge < -0.3 is 14.8 Å². The highest BCUT2D eigenvalue weighted by molar-refractivity contribution is 9.09. The van der Waals surface area contributed by atoms with Gasteiger partial charge in [-0.25, -0.2) is 4.79 Å². The van der Waals surface area contributed by atoms with E-state index in [1.807, 2.05) is 19.1 Å². The zero-order valence-corrected chi connectivity index (χ0v) is 16.3. The number of nitrogens with one attached hydrogen (secondary N) is 1. The normalized spacial score (nSPS) is 12.8. The summed E-state index contributed by atoms with van der Waals surface area (Å²) in [5, 5.41) is 2.63. The predicted octanol–water partition coefficient (Wildman–Crippen LogP) is 3.15. The average Bonchev–Trinajstić information content (AvgIpc) is 2.58. The third-order valence-corrected chi connectivity index (χ3v) is 3.98. The summed E-state index contributed by atoms with van der Waals surface area (Å²) in [6.07, 6.45) is 0.150.